The van der Waals surface area contributed by atoms with Crippen LogP contribution in [0.25, 0.3) is 0 Å². The molecular formula is C22H42SSn. The summed E-state index contributed by atoms with van der Waals surface area (Å²) in [7, 11) is 0. The van der Waals surface area contributed by atoms with Crippen LogP contribution >= 0.6 is 11.3 Å². The van der Waals surface area contributed by atoms with E-state index in [1.807, 2.05) is 3.58 Å². The third-order valence-corrected chi connectivity index (χ3v) is 22.7. The van der Waals surface area contributed by atoms with Crippen molar-refractivity contribution in [1.82, 2.24) is 0 Å². The Kier molecular flexibility index (Phi) is 12.8. The Morgan fingerprint density at radius 1 is 0.708 bits per heavy atom. The van der Waals surface area contributed by atoms with Gasteiger partial charge in [0.25, 0.3) is 0 Å². The van der Waals surface area contributed by atoms with Gasteiger partial charge in [0.1, 0.15) is 0 Å². The molecule has 1 aromatic rings. The van der Waals surface area contributed by atoms with E-state index in [0.29, 0.717) is 0 Å². The van der Waals surface area contributed by atoms with Gasteiger partial charge in [-0.05, 0) is 0 Å². The van der Waals surface area contributed by atoms with Crippen LogP contribution in [0.4, 0.5) is 0 Å². The summed E-state index contributed by atoms with van der Waals surface area (Å²) >= 11 is -0.0562. The van der Waals surface area contributed by atoms with Gasteiger partial charge in [0.2, 0.25) is 0 Å². The third-order valence-electron chi connectivity index (χ3n) is 5.57. The summed E-state index contributed by atoms with van der Waals surface area (Å²) in [6.07, 6.45) is 15.5. The van der Waals surface area contributed by atoms with E-state index in [0.717, 1.165) is 0 Å². The van der Waals surface area contributed by atoms with Gasteiger partial charge >= 0.3 is 161 Å². The van der Waals surface area contributed by atoms with Gasteiger partial charge in [-0.1, -0.05) is 0 Å². The first-order chi connectivity index (χ1) is 11.7. The molecule has 0 N–H and O–H groups in total. The summed E-state index contributed by atoms with van der Waals surface area (Å²) in [6, 6.07) is 2.69. The van der Waals surface area contributed by atoms with Crippen molar-refractivity contribution in [3.8, 4) is 0 Å². The molecule has 0 aliphatic heterocycles. The number of rotatable bonds is 15. The Morgan fingerprint density at radius 2 is 1.25 bits per heavy atom. The molecule has 0 radical (unpaired) electrons. The predicted molar refractivity (Wildman–Crippen MR) is 117 cm³/mol. The SMILES string of the molecule is CCCCCCc1c[c]([Sn]([CH2]CCC)([CH2]CCC)[CH2]CCC)cs1. The van der Waals surface area contributed by atoms with Crippen molar-refractivity contribution < 1.29 is 0 Å². The van der Waals surface area contributed by atoms with Crippen LogP contribution in [0.2, 0.25) is 13.3 Å². The van der Waals surface area contributed by atoms with Crippen molar-refractivity contribution in [3.63, 3.8) is 0 Å². The maximum absolute atomic E-state index is 2.69. The number of aryl methyl sites for hydroxylation is 1. The van der Waals surface area contributed by atoms with E-state index in [1.165, 1.54) is 70.6 Å². The summed E-state index contributed by atoms with van der Waals surface area (Å²) in [5, 5.41) is 2.62. The minimum atomic E-state index is -2.14. The quantitative estimate of drug-likeness (QED) is 0.185. The van der Waals surface area contributed by atoms with Crippen LogP contribution in [0.15, 0.2) is 11.4 Å². The molecule has 0 saturated carbocycles. The Hall–Kier alpha value is 0.499. The standard InChI is InChI=1S/C10H15S.3C4H9.Sn/c1-2-3-4-5-7-10-8-6-9-11-10;3*1-3-4-2;/h8-9H,2-5,7H2,1H3;3*1,3-4H2,2H3;. The molecule has 1 rings (SSSR count). The molecule has 0 fully saturated rings. The zero-order chi connectivity index (χ0) is 17.7. The van der Waals surface area contributed by atoms with Crippen LogP contribution in [0.1, 0.15) is 96.8 Å². The van der Waals surface area contributed by atoms with E-state index < -0.39 is 18.4 Å². The van der Waals surface area contributed by atoms with E-state index in [2.05, 4.69) is 50.5 Å². The summed E-state index contributed by atoms with van der Waals surface area (Å²) in [6.45, 7) is 9.44. The minimum absolute atomic E-state index is 1.34. The number of thiophene rings is 1. The fraction of sp³-hybridized carbons (Fsp3) is 0.818. The molecule has 140 valence electrons. The monoisotopic (exact) mass is 458 g/mol. The van der Waals surface area contributed by atoms with Crippen molar-refractivity contribution in [2.24, 2.45) is 0 Å². The second-order valence-electron chi connectivity index (χ2n) is 7.70. The number of hydrogen-bond acceptors (Lipinski definition) is 1. The Labute approximate surface area is 160 Å². The van der Waals surface area contributed by atoms with Crippen molar-refractivity contribution in [2.75, 3.05) is 0 Å². The summed E-state index contributed by atoms with van der Waals surface area (Å²) in [5.41, 5.74) is 0. The Bertz CT molecular complexity index is 388. The number of unbranched alkanes of at least 4 members (excludes halogenated alkanes) is 6. The molecule has 0 atom stereocenters. The second kappa shape index (κ2) is 13.7. The van der Waals surface area contributed by atoms with Crippen LogP contribution in [-0.4, -0.2) is 18.4 Å². The topological polar surface area (TPSA) is 0 Å². The van der Waals surface area contributed by atoms with Gasteiger partial charge in [0.15, 0.2) is 0 Å². The zero-order valence-electron chi connectivity index (χ0n) is 17.0. The molecule has 0 aliphatic rings. The van der Waals surface area contributed by atoms with Crippen LogP contribution in [0, 0.1) is 0 Å². The first kappa shape index (κ1) is 22.5. The summed E-state index contributed by atoms with van der Waals surface area (Å²) in [5.74, 6) is 0. The molecular weight excluding hydrogens is 415 g/mol. The normalized spacial score (nSPS) is 12.0. The van der Waals surface area contributed by atoms with Gasteiger partial charge in [0, 0.05) is 0 Å². The van der Waals surface area contributed by atoms with Crippen molar-refractivity contribution in [2.45, 2.75) is 112 Å². The molecule has 0 saturated heterocycles. The van der Waals surface area contributed by atoms with E-state index in [1.54, 1.807) is 18.2 Å². The molecule has 0 unspecified atom stereocenters. The average molecular weight is 457 g/mol. The predicted octanol–water partition coefficient (Wildman–Crippen LogP) is 7.93. The first-order valence-corrected chi connectivity index (χ1v) is 19.2. The van der Waals surface area contributed by atoms with Gasteiger partial charge in [-0.15, -0.1) is 0 Å². The van der Waals surface area contributed by atoms with Gasteiger partial charge < -0.3 is 0 Å². The fourth-order valence-electron chi connectivity index (χ4n) is 3.87. The molecule has 0 amide bonds. The average Bonchev–Trinajstić information content (AvgIpc) is 3.08. The maximum atomic E-state index is 2.69. The van der Waals surface area contributed by atoms with Crippen LogP contribution in [0.3, 0.4) is 0 Å². The van der Waals surface area contributed by atoms with Crippen LogP contribution in [0.5, 0.6) is 0 Å². The molecule has 0 aliphatic carbocycles. The van der Waals surface area contributed by atoms with Crippen molar-refractivity contribution in [3.05, 3.63) is 16.3 Å². The molecule has 0 aromatic carbocycles. The van der Waals surface area contributed by atoms with Crippen molar-refractivity contribution in [1.29, 1.82) is 0 Å². The molecule has 0 spiro atoms. The van der Waals surface area contributed by atoms with Crippen LogP contribution in [-0.2, 0) is 6.42 Å². The number of hydrogen-bond donors (Lipinski definition) is 0. The second-order valence-corrected chi connectivity index (χ2v) is 21.9. The van der Waals surface area contributed by atoms with Gasteiger partial charge in [-0.3, -0.25) is 0 Å². The Balaban J connectivity index is 2.84. The third kappa shape index (κ3) is 7.81. The summed E-state index contributed by atoms with van der Waals surface area (Å²) < 4.78 is 6.72. The first-order valence-electron chi connectivity index (χ1n) is 10.8. The zero-order valence-corrected chi connectivity index (χ0v) is 20.6. The molecule has 1 heterocycles. The van der Waals surface area contributed by atoms with Crippen molar-refractivity contribution >= 4 is 33.3 Å². The van der Waals surface area contributed by atoms with E-state index in [9.17, 15) is 0 Å². The van der Waals surface area contributed by atoms with E-state index in [4.69, 9.17) is 0 Å². The molecule has 0 nitrogen and oxygen atoms in total. The Morgan fingerprint density at radius 3 is 1.75 bits per heavy atom. The van der Waals surface area contributed by atoms with Gasteiger partial charge in [0.05, 0.1) is 0 Å². The fourth-order valence-corrected chi connectivity index (χ4v) is 22.7. The summed E-state index contributed by atoms with van der Waals surface area (Å²) in [4.78, 5) is 1.69. The van der Waals surface area contributed by atoms with Gasteiger partial charge in [-0.25, -0.2) is 0 Å². The molecule has 0 bridgehead atoms. The molecule has 1 aromatic heterocycles. The van der Waals surface area contributed by atoms with Crippen LogP contribution < -0.4 is 3.58 Å². The molecule has 2 heteroatoms. The molecule has 24 heavy (non-hydrogen) atoms. The van der Waals surface area contributed by atoms with Gasteiger partial charge in [-0.2, -0.15) is 0 Å². The van der Waals surface area contributed by atoms with E-state index >= 15 is 0 Å². The van der Waals surface area contributed by atoms with E-state index in [-0.39, 0.29) is 0 Å².